The molecule has 20 heteroatoms. The van der Waals surface area contributed by atoms with Gasteiger partial charge in [0.2, 0.25) is 29.5 Å². The minimum atomic E-state index is -1.72. The Morgan fingerprint density at radius 2 is 1.51 bits per heavy atom. The van der Waals surface area contributed by atoms with Crippen LogP contribution in [0.5, 0.6) is 5.75 Å². The summed E-state index contributed by atoms with van der Waals surface area (Å²) >= 11 is 0. The molecule has 1 aliphatic rings. The number of nitrogens with zero attached hydrogens (tertiary/aromatic N) is 2. The molecule has 0 spiro atoms. The lowest BCUT2D eigenvalue weighted by Gasteiger charge is -2.30. The molecule has 292 valence electrons. The lowest BCUT2D eigenvalue weighted by molar-refractivity contribution is -0.145. The Morgan fingerprint density at radius 3 is 2.08 bits per heavy atom. The molecule has 0 unspecified atom stereocenters. The highest BCUT2D eigenvalue weighted by atomic mass is 16.4. The van der Waals surface area contributed by atoms with Gasteiger partial charge in [-0.2, -0.15) is 0 Å². The van der Waals surface area contributed by atoms with Crippen LogP contribution in [0.2, 0.25) is 0 Å². The Balaban J connectivity index is 2.21. The topological polar surface area (TPSA) is 333 Å². The summed E-state index contributed by atoms with van der Waals surface area (Å²) in [7, 11) is 0. The SMILES string of the molecule is CC(C)[C@H](NC(=O)[C@H](CC(=O)O)NC(=O)[C@@H]1CCCN1C(=O)[C@H](CCCN=C(N)N)NC(=O)CCC(=O)O)C(=O)N[C@@H](Cc1ccc(O)cc1)C(=O)O. The van der Waals surface area contributed by atoms with Crippen LogP contribution in [0.25, 0.3) is 0 Å². The van der Waals surface area contributed by atoms with Crippen LogP contribution in [-0.2, 0) is 44.8 Å². The van der Waals surface area contributed by atoms with Gasteiger partial charge in [0.25, 0.3) is 0 Å². The highest BCUT2D eigenvalue weighted by Crippen LogP contribution is 2.21. The van der Waals surface area contributed by atoms with Gasteiger partial charge in [-0.25, -0.2) is 4.79 Å². The maximum Gasteiger partial charge on any atom is 0.326 e. The van der Waals surface area contributed by atoms with Gasteiger partial charge in [0.15, 0.2) is 5.96 Å². The summed E-state index contributed by atoms with van der Waals surface area (Å²) in [5.74, 6) is -9.13. The highest BCUT2D eigenvalue weighted by molar-refractivity contribution is 5.97. The summed E-state index contributed by atoms with van der Waals surface area (Å²) in [6.07, 6.45) is -1.23. The number of amides is 5. The summed E-state index contributed by atoms with van der Waals surface area (Å²) in [6.45, 7) is 3.30. The Bertz CT molecular complexity index is 1530. The number of benzene rings is 1. The van der Waals surface area contributed by atoms with Crippen molar-refractivity contribution in [1.29, 1.82) is 0 Å². The molecule has 1 aromatic rings. The molecule has 0 aromatic heterocycles. The third-order valence-electron chi connectivity index (χ3n) is 8.23. The lowest BCUT2D eigenvalue weighted by atomic mass is 10.0. The third kappa shape index (κ3) is 14.7. The Kier molecular flexibility index (Phi) is 17.0. The van der Waals surface area contributed by atoms with E-state index in [0.29, 0.717) is 12.0 Å². The standard InChI is InChI=1S/C33H48N8O12/c1-17(2)27(30(50)39-22(32(52)53)15-18-7-9-19(42)10-8-18)40-28(48)21(16-26(46)47)38-29(49)23-6-4-14-41(23)31(51)20(5-3-13-36-33(34)35)37-24(43)11-12-25(44)45/h7-10,17,20-23,27,42H,3-6,11-16H2,1-2H3,(H,37,43)(H,38,49)(H,39,50)(H,40,48)(H,44,45)(H,46,47)(H,52,53)(H4,34,35,36)/t20-,21-,22-,23-,27-/m0/s1. The van der Waals surface area contributed by atoms with E-state index in [9.17, 15) is 53.7 Å². The van der Waals surface area contributed by atoms with E-state index in [1.165, 1.54) is 29.2 Å². The number of aromatic hydroxyl groups is 1. The number of nitrogens with one attached hydrogen (secondary N) is 4. The average Bonchev–Trinajstić information content (AvgIpc) is 3.57. The van der Waals surface area contributed by atoms with Gasteiger partial charge in [-0.05, 0) is 49.3 Å². The summed E-state index contributed by atoms with van der Waals surface area (Å²) in [5, 5.41) is 47.4. The minimum absolute atomic E-state index is 0.0274. The molecular weight excluding hydrogens is 700 g/mol. The number of nitrogens with two attached hydrogens (primary N) is 2. The zero-order valence-corrected chi connectivity index (χ0v) is 29.4. The molecule has 2 rings (SSSR count). The number of carboxylic acids is 3. The molecule has 5 atom stereocenters. The monoisotopic (exact) mass is 748 g/mol. The third-order valence-corrected chi connectivity index (χ3v) is 8.23. The van der Waals surface area contributed by atoms with Gasteiger partial charge in [-0.15, -0.1) is 0 Å². The van der Waals surface area contributed by atoms with Gasteiger partial charge >= 0.3 is 17.9 Å². The van der Waals surface area contributed by atoms with E-state index in [2.05, 4.69) is 26.3 Å². The second kappa shape index (κ2) is 20.8. The Morgan fingerprint density at radius 1 is 0.849 bits per heavy atom. The van der Waals surface area contributed by atoms with Crippen LogP contribution < -0.4 is 32.7 Å². The van der Waals surface area contributed by atoms with E-state index < -0.39 is 103 Å². The van der Waals surface area contributed by atoms with E-state index in [1.807, 2.05) is 0 Å². The number of aliphatic imine (C=N–C) groups is 1. The van der Waals surface area contributed by atoms with Crippen LogP contribution in [0.3, 0.4) is 0 Å². The molecule has 0 bridgehead atoms. The van der Waals surface area contributed by atoms with E-state index in [-0.39, 0.29) is 50.5 Å². The zero-order valence-electron chi connectivity index (χ0n) is 29.4. The van der Waals surface area contributed by atoms with Gasteiger partial charge in [0.05, 0.1) is 12.8 Å². The molecule has 1 fully saturated rings. The number of guanidine groups is 1. The van der Waals surface area contributed by atoms with Gasteiger partial charge in [-0.3, -0.25) is 38.6 Å². The fraction of sp³-hybridized carbons (Fsp3) is 0.545. The van der Waals surface area contributed by atoms with Crippen molar-refractivity contribution >= 4 is 53.4 Å². The number of hydrogen-bond acceptors (Lipinski definition) is 10. The molecule has 5 amide bonds. The first-order valence-electron chi connectivity index (χ1n) is 16.9. The number of likely N-dealkylation sites (tertiary alicyclic amines) is 1. The highest BCUT2D eigenvalue weighted by Gasteiger charge is 2.40. The fourth-order valence-corrected chi connectivity index (χ4v) is 5.52. The molecule has 20 nitrogen and oxygen atoms in total. The first-order chi connectivity index (χ1) is 24.9. The van der Waals surface area contributed by atoms with Crippen LogP contribution in [0.4, 0.5) is 0 Å². The molecular formula is C33H48N8O12. The van der Waals surface area contributed by atoms with Crippen LogP contribution in [-0.4, -0.2) is 122 Å². The van der Waals surface area contributed by atoms with Crippen molar-refractivity contribution < 1.29 is 58.8 Å². The summed E-state index contributed by atoms with van der Waals surface area (Å²) in [6, 6.07) is -1.21. The fourth-order valence-electron chi connectivity index (χ4n) is 5.52. The van der Waals surface area contributed by atoms with Gasteiger partial charge in [-0.1, -0.05) is 26.0 Å². The first-order valence-corrected chi connectivity index (χ1v) is 16.9. The predicted octanol–water partition coefficient (Wildman–Crippen LogP) is -2.00. The number of phenols is 1. The molecule has 0 radical (unpaired) electrons. The number of hydrogen-bond donors (Lipinski definition) is 10. The van der Waals surface area contributed by atoms with Crippen molar-refractivity contribution in [2.75, 3.05) is 13.1 Å². The van der Waals surface area contributed by atoms with E-state index >= 15 is 0 Å². The molecule has 1 heterocycles. The largest absolute Gasteiger partial charge is 0.508 e. The quantitative estimate of drug-likeness (QED) is 0.0369. The second-order valence-electron chi connectivity index (χ2n) is 12.8. The van der Waals surface area contributed by atoms with Crippen molar-refractivity contribution in [1.82, 2.24) is 26.2 Å². The van der Waals surface area contributed by atoms with Crippen molar-refractivity contribution in [3.05, 3.63) is 29.8 Å². The zero-order chi connectivity index (χ0) is 39.8. The van der Waals surface area contributed by atoms with Crippen molar-refractivity contribution in [2.45, 2.75) is 95.4 Å². The van der Waals surface area contributed by atoms with Crippen molar-refractivity contribution in [3.63, 3.8) is 0 Å². The van der Waals surface area contributed by atoms with Gasteiger partial charge in [0, 0.05) is 25.9 Å². The Hall–Kier alpha value is -5.95. The number of carboxylic acid groups (broad SMARTS) is 3. The van der Waals surface area contributed by atoms with Crippen LogP contribution in [0.15, 0.2) is 29.3 Å². The van der Waals surface area contributed by atoms with Crippen LogP contribution in [0.1, 0.15) is 64.4 Å². The maximum atomic E-state index is 13.7. The number of phenolic OH excluding ortho intramolecular Hbond substituents is 1. The molecule has 53 heavy (non-hydrogen) atoms. The number of rotatable bonds is 21. The molecule has 1 aliphatic heterocycles. The molecule has 0 aliphatic carbocycles. The minimum Gasteiger partial charge on any atom is -0.508 e. The van der Waals surface area contributed by atoms with E-state index in [4.69, 9.17) is 16.6 Å². The summed E-state index contributed by atoms with van der Waals surface area (Å²) in [4.78, 5) is 106. The van der Waals surface area contributed by atoms with Crippen molar-refractivity contribution in [2.24, 2.45) is 22.4 Å². The number of carbonyl (C=O) groups excluding carboxylic acids is 5. The average molecular weight is 749 g/mol. The second-order valence-corrected chi connectivity index (χ2v) is 12.8. The molecule has 1 saturated heterocycles. The van der Waals surface area contributed by atoms with Gasteiger partial charge in [0.1, 0.15) is 36.0 Å². The predicted molar refractivity (Wildman–Crippen MR) is 186 cm³/mol. The lowest BCUT2D eigenvalue weighted by Crippen LogP contribution is -2.59. The van der Waals surface area contributed by atoms with Gasteiger partial charge < -0.3 is 58.1 Å². The summed E-state index contributed by atoms with van der Waals surface area (Å²) in [5.41, 5.74) is 11.2. The van der Waals surface area contributed by atoms with Crippen LogP contribution >= 0.6 is 0 Å². The molecule has 0 saturated carbocycles. The van der Waals surface area contributed by atoms with E-state index in [1.54, 1.807) is 13.8 Å². The molecule has 12 N–H and O–H groups in total. The maximum absolute atomic E-state index is 13.7. The smallest absolute Gasteiger partial charge is 0.326 e. The van der Waals surface area contributed by atoms with E-state index in [0.717, 1.165) is 0 Å². The van der Waals surface area contributed by atoms with Crippen LogP contribution in [0, 0.1) is 5.92 Å². The van der Waals surface area contributed by atoms with Crippen molar-refractivity contribution in [3.8, 4) is 5.75 Å². The number of carbonyl (C=O) groups is 8. The summed E-state index contributed by atoms with van der Waals surface area (Å²) < 4.78 is 0. The first kappa shape index (κ1) is 43.2. The Labute approximate surface area is 304 Å². The number of aliphatic carboxylic acids is 3. The normalized spacial score (nSPS) is 16.0. The molecule has 1 aromatic carbocycles.